The second-order valence-electron chi connectivity index (χ2n) is 6.92. The van der Waals surface area contributed by atoms with E-state index in [1.807, 2.05) is 23.5 Å². The number of phenols is 1. The number of thiophene rings is 1. The molecule has 2 heteroatoms. The van der Waals surface area contributed by atoms with Crippen LogP contribution in [0, 0.1) is 5.92 Å². The van der Waals surface area contributed by atoms with Crippen LogP contribution in [0.25, 0.3) is 5.57 Å². The molecule has 2 aliphatic carbocycles. The Hall–Kier alpha value is -1.54. The average molecular weight is 324 g/mol. The summed E-state index contributed by atoms with van der Waals surface area (Å²) >= 11 is 1.86. The Morgan fingerprint density at radius 3 is 2.91 bits per heavy atom. The van der Waals surface area contributed by atoms with Gasteiger partial charge in [-0.15, -0.1) is 11.3 Å². The van der Waals surface area contributed by atoms with Gasteiger partial charge in [0.05, 0.1) is 0 Å². The lowest BCUT2D eigenvalue weighted by molar-refractivity contribution is 0.371. The van der Waals surface area contributed by atoms with E-state index in [2.05, 4.69) is 36.6 Å². The highest BCUT2D eigenvalue weighted by molar-refractivity contribution is 7.11. The number of benzene rings is 1. The van der Waals surface area contributed by atoms with Crippen molar-refractivity contribution in [2.24, 2.45) is 5.92 Å². The fraction of sp³-hybridized carbons (Fsp3) is 0.429. The van der Waals surface area contributed by atoms with Gasteiger partial charge in [-0.2, -0.15) is 0 Å². The summed E-state index contributed by atoms with van der Waals surface area (Å²) in [4.78, 5) is 1.43. The second-order valence-corrected chi connectivity index (χ2v) is 7.87. The zero-order chi connectivity index (χ0) is 15.8. The first-order chi connectivity index (χ1) is 11.3. The van der Waals surface area contributed by atoms with Gasteiger partial charge in [-0.05, 0) is 71.4 Å². The molecule has 0 radical (unpaired) electrons. The topological polar surface area (TPSA) is 20.2 Å². The Balaban J connectivity index is 1.79. The molecule has 2 aromatic rings. The van der Waals surface area contributed by atoms with Crippen LogP contribution in [0.15, 0.2) is 41.8 Å². The van der Waals surface area contributed by atoms with Crippen molar-refractivity contribution in [3.8, 4) is 5.75 Å². The number of phenolic OH excluding ortho intramolecular Hbond substituents is 1. The molecule has 4 rings (SSSR count). The van der Waals surface area contributed by atoms with Gasteiger partial charge in [0.2, 0.25) is 0 Å². The van der Waals surface area contributed by atoms with Crippen molar-refractivity contribution in [1.29, 1.82) is 0 Å². The summed E-state index contributed by atoms with van der Waals surface area (Å²) < 4.78 is 0. The van der Waals surface area contributed by atoms with E-state index in [9.17, 15) is 5.11 Å². The molecule has 0 amide bonds. The van der Waals surface area contributed by atoms with Gasteiger partial charge in [-0.1, -0.05) is 38.0 Å². The van der Waals surface area contributed by atoms with Crippen LogP contribution in [0.5, 0.6) is 5.75 Å². The molecule has 23 heavy (non-hydrogen) atoms. The van der Waals surface area contributed by atoms with Gasteiger partial charge in [-0.25, -0.2) is 0 Å². The third-order valence-electron chi connectivity index (χ3n) is 5.62. The molecule has 2 aliphatic rings. The summed E-state index contributed by atoms with van der Waals surface area (Å²) in [6, 6.07) is 10.5. The Bertz CT molecular complexity index is 713. The van der Waals surface area contributed by atoms with E-state index in [0.717, 1.165) is 0 Å². The van der Waals surface area contributed by atoms with Gasteiger partial charge in [0.1, 0.15) is 5.75 Å². The fourth-order valence-corrected chi connectivity index (χ4v) is 5.48. The van der Waals surface area contributed by atoms with Crippen LogP contribution in [0.1, 0.15) is 66.9 Å². The number of unbranched alkanes of at least 4 members (excludes halogenated alkanes) is 1. The van der Waals surface area contributed by atoms with E-state index in [1.165, 1.54) is 53.7 Å². The maximum atomic E-state index is 10.0. The first kappa shape index (κ1) is 15.0. The van der Waals surface area contributed by atoms with Crippen LogP contribution >= 0.6 is 11.3 Å². The lowest BCUT2D eigenvalue weighted by atomic mass is 9.74. The Morgan fingerprint density at radius 2 is 2.13 bits per heavy atom. The molecular formula is C21H24OS. The first-order valence-electron chi connectivity index (χ1n) is 8.86. The van der Waals surface area contributed by atoms with E-state index < -0.39 is 0 Å². The van der Waals surface area contributed by atoms with E-state index in [-0.39, 0.29) is 0 Å². The predicted octanol–water partition coefficient (Wildman–Crippen LogP) is 6.32. The fourth-order valence-electron chi connectivity index (χ4n) is 4.67. The van der Waals surface area contributed by atoms with E-state index in [1.54, 1.807) is 0 Å². The number of allylic oxidation sites excluding steroid dienone is 2. The Morgan fingerprint density at radius 1 is 1.22 bits per heavy atom. The highest BCUT2D eigenvalue weighted by Gasteiger charge is 2.43. The van der Waals surface area contributed by atoms with E-state index in [4.69, 9.17) is 0 Å². The Labute approximate surface area is 142 Å². The van der Waals surface area contributed by atoms with Crippen molar-refractivity contribution in [2.45, 2.75) is 50.9 Å². The minimum absolute atomic E-state index is 0.422. The molecule has 3 atom stereocenters. The third kappa shape index (κ3) is 2.53. The maximum absolute atomic E-state index is 10.0. The monoisotopic (exact) mass is 324 g/mol. The smallest absolute Gasteiger partial charge is 0.115 e. The average Bonchev–Trinajstić information content (AvgIpc) is 3.19. The van der Waals surface area contributed by atoms with Crippen molar-refractivity contribution in [3.05, 3.63) is 57.8 Å². The zero-order valence-electron chi connectivity index (χ0n) is 13.7. The van der Waals surface area contributed by atoms with Crippen molar-refractivity contribution in [1.82, 2.24) is 0 Å². The number of hydrogen-bond acceptors (Lipinski definition) is 2. The molecule has 0 spiro atoms. The molecule has 0 fully saturated rings. The minimum atomic E-state index is 0.422. The summed E-state index contributed by atoms with van der Waals surface area (Å²) in [5.41, 5.74) is 4.41. The lowest BCUT2D eigenvalue weighted by Crippen LogP contribution is -2.17. The molecule has 1 aromatic carbocycles. The minimum Gasteiger partial charge on any atom is -0.508 e. The first-order valence-corrected chi connectivity index (χ1v) is 9.74. The van der Waals surface area contributed by atoms with Gasteiger partial charge in [0, 0.05) is 10.8 Å². The van der Waals surface area contributed by atoms with Gasteiger partial charge < -0.3 is 5.11 Å². The molecule has 0 saturated heterocycles. The zero-order valence-corrected chi connectivity index (χ0v) is 14.5. The number of hydrogen-bond donors (Lipinski definition) is 1. The molecule has 1 heterocycles. The van der Waals surface area contributed by atoms with Gasteiger partial charge >= 0.3 is 0 Å². The number of aromatic hydroxyl groups is 1. The summed E-state index contributed by atoms with van der Waals surface area (Å²) in [5, 5.41) is 12.2. The summed E-state index contributed by atoms with van der Waals surface area (Å²) in [6.07, 6.45) is 8.72. The van der Waals surface area contributed by atoms with Crippen molar-refractivity contribution < 1.29 is 5.11 Å². The van der Waals surface area contributed by atoms with Crippen LogP contribution in [-0.2, 0) is 0 Å². The van der Waals surface area contributed by atoms with Crippen molar-refractivity contribution in [3.63, 3.8) is 0 Å². The summed E-state index contributed by atoms with van der Waals surface area (Å²) in [5.74, 6) is 2.27. The highest BCUT2D eigenvalue weighted by Crippen LogP contribution is 2.58. The summed E-state index contributed by atoms with van der Waals surface area (Å²) in [6.45, 7) is 2.27. The van der Waals surface area contributed by atoms with Crippen LogP contribution in [-0.4, -0.2) is 5.11 Å². The van der Waals surface area contributed by atoms with E-state index in [0.29, 0.717) is 23.5 Å². The molecular weight excluding hydrogens is 300 g/mol. The lowest BCUT2D eigenvalue weighted by Gasteiger charge is -2.30. The van der Waals surface area contributed by atoms with Crippen molar-refractivity contribution in [2.75, 3.05) is 0 Å². The maximum Gasteiger partial charge on any atom is 0.115 e. The second kappa shape index (κ2) is 6.16. The summed E-state index contributed by atoms with van der Waals surface area (Å²) in [7, 11) is 0. The molecule has 1 nitrogen and oxygen atoms in total. The molecule has 0 bridgehead atoms. The van der Waals surface area contributed by atoms with Gasteiger partial charge in [0.15, 0.2) is 0 Å². The molecule has 1 aromatic heterocycles. The normalized spacial score (nSPS) is 25.8. The SMILES string of the molecule is CCCCC1c2cc(O)ccc2C2C(c3cccs3)=CCCC12. The molecule has 0 aliphatic heterocycles. The largest absolute Gasteiger partial charge is 0.508 e. The van der Waals surface area contributed by atoms with Crippen molar-refractivity contribution >= 4 is 16.9 Å². The van der Waals surface area contributed by atoms with Crippen LogP contribution in [0.4, 0.5) is 0 Å². The highest BCUT2D eigenvalue weighted by atomic mass is 32.1. The van der Waals surface area contributed by atoms with Gasteiger partial charge in [0.25, 0.3) is 0 Å². The van der Waals surface area contributed by atoms with Crippen LogP contribution in [0.2, 0.25) is 0 Å². The predicted molar refractivity (Wildman–Crippen MR) is 98.1 cm³/mol. The van der Waals surface area contributed by atoms with E-state index >= 15 is 0 Å². The molecule has 1 N–H and O–H groups in total. The third-order valence-corrected chi connectivity index (χ3v) is 6.54. The number of rotatable bonds is 4. The van der Waals surface area contributed by atoms with Crippen LogP contribution in [0.3, 0.4) is 0 Å². The number of fused-ring (bicyclic) bond motifs is 3. The van der Waals surface area contributed by atoms with Crippen LogP contribution < -0.4 is 0 Å². The molecule has 0 saturated carbocycles. The quantitative estimate of drug-likeness (QED) is 0.698. The standard InChI is InChI=1S/C21H24OS/c1-2-3-6-15-16-7-4-8-18(20-9-5-12-23-20)21(16)17-11-10-14(22)13-19(15)17/h5,8-13,15-16,21-22H,2-4,6-7H2,1H3. The van der Waals surface area contributed by atoms with Gasteiger partial charge in [-0.3, -0.25) is 0 Å². The Kier molecular flexibility index (Phi) is 4.02. The molecule has 3 unspecified atom stereocenters. The molecule has 120 valence electrons.